The van der Waals surface area contributed by atoms with Gasteiger partial charge < -0.3 is 11.1 Å². The minimum Gasteiger partial charge on any atom is -0.370 e. The standard InChI is InChI=1S/C16H28N4/c1-5-14-9-8-10-15(11-14)19-16(17)18-12-13(4)20(6-2)7-3/h8-11,13H,5-7,12H2,1-4H3,(H3,17,18,19). The van der Waals surface area contributed by atoms with Gasteiger partial charge in [-0.25, -0.2) is 0 Å². The molecule has 1 atom stereocenters. The van der Waals surface area contributed by atoms with Crippen LogP contribution < -0.4 is 11.1 Å². The maximum Gasteiger partial charge on any atom is 0.193 e. The summed E-state index contributed by atoms with van der Waals surface area (Å²) in [5.74, 6) is 0.484. The second-order valence-corrected chi connectivity index (χ2v) is 4.98. The highest BCUT2D eigenvalue weighted by Crippen LogP contribution is 2.10. The van der Waals surface area contributed by atoms with E-state index in [9.17, 15) is 0 Å². The lowest BCUT2D eigenvalue weighted by molar-refractivity contribution is 0.237. The van der Waals surface area contributed by atoms with Gasteiger partial charge in [0.25, 0.3) is 0 Å². The highest BCUT2D eigenvalue weighted by Gasteiger charge is 2.08. The number of aryl methyl sites for hydroxylation is 1. The Bertz CT molecular complexity index is 424. The lowest BCUT2D eigenvalue weighted by atomic mass is 10.1. The number of nitrogens with zero attached hydrogens (tertiary/aromatic N) is 2. The van der Waals surface area contributed by atoms with Gasteiger partial charge in [0.2, 0.25) is 0 Å². The number of hydrogen-bond acceptors (Lipinski definition) is 2. The molecule has 1 aromatic carbocycles. The van der Waals surface area contributed by atoms with Crippen molar-refractivity contribution in [2.24, 2.45) is 10.7 Å². The molecule has 0 amide bonds. The van der Waals surface area contributed by atoms with Gasteiger partial charge >= 0.3 is 0 Å². The van der Waals surface area contributed by atoms with E-state index >= 15 is 0 Å². The van der Waals surface area contributed by atoms with Crippen molar-refractivity contribution in [3.8, 4) is 0 Å². The van der Waals surface area contributed by atoms with Crippen molar-refractivity contribution >= 4 is 11.6 Å². The third kappa shape index (κ3) is 5.21. The van der Waals surface area contributed by atoms with E-state index in [4.69, 9.17) is 5.73 Å². The van der Waals surface area contributed by atoms with Crippen LogP contribution in [0.5, 0.6) is 0 Å². The topological polar surface area (TPSA) is 53.6 Å². The zero-order chi connectivity index (χ0) is 15.0. The van der Waals surface area contributed by atoms with Crippen LogP contribution >= 0.6 is 0 Å². The van der Waals surface area contributed by atoms with Crippen LogP contribution in [0.15, 0.2) is 29.3 Å². The van der Waals surface area contributed by atoms with Gasteiger partial charge in [-0.05, 0) is 44.1 Å². The molecule has 0 radical (unpaired) electrons. The number of aliphatic imine (C=N–C) groups is 1. The number of hydrogen-bond donors (Lipinski definition) is 2. The molecule has 0 aliphatic rings. The second kappa shape index (κ2) is 8.59. The molecule has 4 nitrogen and oxygen atoms in total. The summed E-state index contributed by atoms with van der Waals surface area (Å²) in [6.07, 6.45) is 1.02. The first kappa shape index (κ1) is 16.5. The van der Waals surface area contributed by atoms with Crippen LogP contribution in [-0.4, -0.2) is 36.5 Å². The van der Waals surface area contributed by atoms with Gasteiger partial charge in [-0.2, -0.15) is 0 Å². The van der Waals surface area contributed by atoms with Gasteiger partial charge in [-0.15, -0.1) is 0 Å². The Balaban J connectivity index is 2.56. The molecule has 0 bridgehead atoms. The lowest BCUT2D eigenvalue weighted by Crippen LogP contribution is -2.36. The fourth-order valence-corrected chi connectivity index (χ4v) is 2.25. The minimum absolute atomic E-state index is 0.410. The monoisotopic (exact) mass is 276 g/mol. The van der Waals surface area contributed by atoms with Gasteiger partial charge in [0.05, 0.1) is 6.54 Å². The van der Waals surface area contributed by atoms with Gasteiger partial charge in [0, 0.05) is 11.7 Å². The van der Waals surface area contributed by atoms with E-state index in [-0.39, 0.29) is 0 Å². The number of nitrogens with one attached hydrogen (secondary N) is 1. The summed E-state index contributed by atoms with van der Waals surface area (Å²) in [6.45, 7) is 11.5. The first-order valence-electron chi connectivity index (χ1n) is 7.50. The zero-order valence-corrected chi connectivity index (χ0v) is 13.2. The average Bonchev–Trinajstić information content (AvgIpc) is 2.46. The maximum absolute atomic E-state index is 5.95. The third-order valence-electron chi connectivity index (χ3n) is 3.57. The van der Waals surface area contributed by atoms with Gasteiger partial charge in [-0.3, -0.25) is 9.89 Å². The van der Waals surface area contributed by atoms with E-state index in [2.05, 4.69) is 55.0 Å². The molecule has 1 rings (SSSR count). The fourth-order valence-electron chi connectivity index (χ4n) is 2.25. The van der Waals surface area contributed by atoms with Crippen LogP contribution in [0.25, 0.3) is 0 Å². The van der Waals surface area contributed by atoms with Gasteiger partial charge in [0.1, 0.15) is 0 Å². The number of likely N-dealkylation sites (N-methyl/N-ethyl adjacent to an activating group) is 1. The molecule has 112 valence electrons. The average molecular weight is 276 g/mol. The number of guanidine groups is 1. The smallest absolute Gasteiger partial charge is 0.193 e. The number of benzene rings is 1. The van der Waals surface area contributed by atoms with Crippen LogP contribution in [0, 0.1) is 0 Å². The molecular weight excluding hydrogens is 248 g/mol. The van der Waals surface area contributed by atoms with Crippen molar-refractivity contribution in [1.82, 2.24) is 4.90 Å². The molecule has 20 heavy (non-hydrogen) atoms. The molecule has 0 fully saturated rings. The Morgan fingerprint density at radius 3 is 2.60 bits per heavy atom. The molecule has 0 aromatic heterocycles. The first-order valence-corrected chi connectivity index (χ1v) is 7.50. The minimum atomic E-state index is 0.410. The van der Waals surface area contributed by atoms with Crippen LogP contribution in [0.2, 0.25) is 0 Å². The SMILES string of the molecule is CCc1cccc(NC(N)=NCC(C)N(CC)CC)c1. The summed E-state index contributed by atoms with van der Waals surface area (Å²) in [5.41, 5.74) is 8.24. The zero-order valence-electron chi connectivity index (χ0n) is 13.2. The van der Waals surface area contributed by atoms with E-state index in [1.165, 1.54) is 5.56 Å². The van der Waals surface area contributed by atoms with Crippen molar-refractivity contribution in [3.05, 3.63) is 29.8 Å². The van der Waals surface area contributed by atoms with Crippen molar-refractivity contribution in [2.75, 3.05) is 25.0 Å². The summed E-state index contributed by atoms with van der Waals surface area (Å²) in [5, 5.41) is 3.16. The molecule has 0 heterocycles. The first-order chi connectivity index (χ1) is 9.60. The van der Waals surface area contributed by atoms with Crippen LogP contribution in [0.3, 0.4) is 0 Å². The van der Waals surface area contributed by atoms with Crippen LogP contribution in [-0.2, 0) is 6.42 Å². The van der Waals surface area contributed by atoms with Crippen molar-refractivity contribution in [2.45, 2.75) is 40.2 Å². The molecule has 4 heteroatoms. The Kier molecular flexibility index (Phi) is 7.09. The molecule has 0 saturated heterocycles. The molecule has 0 aliphatic carbocycles. The molecule has 3 N–H and O–H groups in total. The largest absolute Gasteiger partial charge is 0.370 e. The van der Waals surface area contributed by atoms with E-state index < -0.39 is 0 Å². The van der Waals surface area contributed by atoms with E-state index in [1.54, 1.807) is 0 Å². The number of nitrogens with two attached hydrogens (primary N) is 1. The molecule has 0 saturated carbocycles. The lowest BCUT2D eigenvalue weighted by Gasteiger charge is -2.24. The van der Waals surface area contributed by atoms with Gasteiger partial charge in [0.15, 0.2) is 5.96 Å². The summed E-state index contributed by atoms with van der Waals surface area (Å²) >= 11 is 0. The molecule has 1 unspecified atom stereocenters. The van der Waals surface area contributed by atoms with Crippen molar-refractivity contribution in [1.29, 1.82) is 0 Å². The highest BCUT2D eigenvalue weighted by atomic mass is 15.2. The number of rotatable bonds is 7. The maximum atomic E-state index is 5.95. The van der Waals surface area contributed by atoms with E-state index in [1.807, 2.05) is 12.1 Å². The Morgan fingerprint density at radius 2 is 2.00 bits per heavy atom. The Hall–Kier alpha value is -1.55. The molecule has 0 spiro atoms. The van der Waals surface area contributed by atoms with Crippen molar-refractivity contribution < 1.29 is 0 Å². The fraction of sp³-hybridized carbons (Fsp3) is 0.562. The summed E-state index contributed by atoms with van der Waals surface area (Å²) in [4.78, 5) is 6.80. The normalized spacial score (nSPS) is 13.6. The summed E-state index contributed by atoms with van der Waals surface area (Å²) in [7, 11) is 0. The summed E-state index contributed by atoms with van der Waals surface area (Å²) < 4.78 is 0. The third-order valence-corrected chi connectivity index (χ3v) is 3.57. The summed E-state index contributed by atoms with van der Waals surface area (Å²) in [6, 6.07) is 8.67. The predicted octanol–water partition coefficient (Wildman–Crippen LogP) is 2.71. The van der Waals surface area contributed by atoms with Crippen molar-refractivity contribution in [3.63, 3.8) is 0 Å². The van der Waals surface area contributed by atoms with Crippen LogP contribution in [0.1, 0.15) is 33.3 Å². The molecular formula is C16H28N4. The van der Waals surface area contributed by atoms with Crippen LogP contribution in [0.4, 0.5) is 5.69 Å². The van der Waals surface area contributed by atoms with E-state index in [0.29, 0.717) is 18.5 Å². The second-order valence-electron chi connectivity index (χ2n) is 4.98. The Labute approximate surface area is 123 Å². The molecule has 0 aliphatic heterocycles. The highest BCUT2D eigenvalue weighted by molar-refractivity contribution is 5.92. The predicted molar refractivity (Wildman–Crippen MR) is 88.3 cm³/mol. The van der Waals surface area contributed by atoms with Gasteiger partial charge in [-0.1, -0.05) is 32.9 Å². The Morgan fingerprint density at radius 1 is 1.30 bits per heavy atom. The quantitative estimate of drug-likeness (QED) is 0.595. The molecule has 1 aromatic rings. The number of anilines is 1. The van der Waals surface area contributed by atoms with E-state index in [0.717, 1.165) is 25.2 Å².